The third-order valence-corrected chi connectivity index (χ3v) is 5.04. The van der Waals surface area contributed by atoms with Gasteiger partial charge in [0, 0.05) is 11.3 Å². The molecule has 0 heterocycles. The fraction of sp³-hybridized carbons (Fsp3) is 0.316. The summed E-state index contributed by atoms with van der Waals surface area (Å²) in [6.07, 6.45) is 0. The molecule has 0 spiro atoms. The topological polar surface area (TPSA) is 93.7 Å². The molecule has 2 aromatic carbocycles. The van der Waals surface area contributed by atoms with E-state index < -0.39 is 10.0 Å². The maximum atomic E-state index is 12.3. The van der Waals surface area contributed by atoms with Crippen LogP contribution in [0.15, 0.2) is 48.5 Å². The van der Waals surface area contributed by atoms with Gasteiger partial charge in [-0.1, -0.05) is 0 Å². The van der Waals surface area contributed by atoms with Crippen LogP contribution in [0.4, 0.5) is 5.69 Å². The minimum Gasteiger partial charge on any atom is -0.497 e. The van der Waals surface area contributed by atoms with Crippen molar-refractivity contribution in [3.63, 3.8) is 0 Å². The van der Waals surface area contributed by atoms with Crippen LogP contribution in [-0.4, -0.2) is 39.8 Å². The number of methoxy groups -OCH3 is 1. The van der Waals surface area contributed by atoms with Crippen molar-refractivity contribution in [3.8, 4) is 11.5 Å². The third kappa shape index (κ3) is 6.49. The average Bonchev–Trinajstić information content (AvgIpc) is 2.67. The number of carbonyl (C=O) groups excluding carboxylic acids is 1. The van der Waals surface area contributed by atoms with Crippen molar-refractivity contribution in [2.45, 2.75) is 19.9 Å². The predicted molar refractivity (Wildman–Crippen MR) is 105 cm³/mol. The highest BCUT2D eigenvalue weighted by molar-refractivity contribution is 7.92. The van der Waals surface area contributed by atoms with Crippen LogP contribution in [0.25, 0.3) is 0 Å². The first-order valence-electron chi connectivity index (χ1n) is 8.51. The first-order chi connectivity index (χ1) is 12.8. The zero-order chi connectivity index (χ0) is 19.9. The second-order valence-electron chi connectivity index (χ2n) is 5.94. The van der Waals surface area contributed by atoms with Crippen LogP contribution >= 0.6 is 0 Å². The molecule has 8 heteroatoms. The predicted octanol–water partition coefficient (Wildman–Crippen LogP) is 2.65. The molecule has 0 saturated carbocycles. The Morgan fingerprint density at radius 3 is 2.19 bits per heavy atom. The number of ether oxygens (including phenoxy) is 2. The highest BCUT2D eigenvalue weighted by Gasteiger charge is 2.12. The lowest BCUT2D eigenvalue weighted by Crippen LogP contribution is -2.36. The molecule has 0 bridgehead atoms. The van der Waals surface area contributed by atoms with Crippen LogP contribution in [0, 0.1) is 0 Å². The molecule has 0 radical (unpaired) electrons. The molecule has 27 heavy (non-hydrogen) atoms. The number of hydrogen-bond donors (Lipinski definition) is 2. The van der Waals surface area contributed by atoms with Crippen molar-refractivity contribution in [2.75, 3.05) is 24.2 Å². The molecule has 0 aliphatic rings. The van der Waals surface area contributed by atoms with Gasteiger partial charge in [0.15, 0.2) is 0 Å². The molecule has 146 valence electrons. The third-order valence-electron chi connectivity index (χ3n) is 3.74. The monoisotopic (exact) mass is 392 g/mol. The Morgan fingerprint density at radius 2 is 1.63 bits per heavy atom. The smallest absolute Gasteiger partial charge is 0.251 e. The number of sulfonamides is 1. The SMILES string of the molecule is CCS(=O)(=O)Nc1ccc(C(=O)NC(C)COc2ccc(OC)cc2)cc1. The average molecular weight is 392 g/mol. The van der Waals surface area contributed by atoms with E-state index >= 15 is 0 Å². The second kappa shape index (κ2) is 9.27. The summed E-state index contributed by atoms with van der Waals surface area (Å²) >= 11 is 0. The van der Waals surface area contributed by atoms with Crippen LogP contribution in [0.3, 0.4) is 0 Å². The Kier molecular flexibility index (Phi) is 7.06. The summed E-state index contributed by atoms with van der Waals surface area (Å²) in [5, 5.41) is 2.84. The lowest BCUT2D eigenvalue weighted by Gasteiger charge is -2.15. The molecular formula is C19H24N2O5S. The summed E-state index contributed by atoms with van der Waals surface area (Å²) in [6, 6.07) is 13.2. The number of benzene rings is 2. The molecule has 0 saturated heterocycles. The van der Waals surface area contributed by atoms with E-state index in [0.29, 0.717) is 23.6 Å². The number of rotatable bonds is 9. The van der Waals surface area contributed by atoms with E-state index in [0.717, 1.165) is 5.75 Å². The number of anilines is 1. The first kappa shape index (κ1) is 20.6. The first-order valence-corrected chi connectivity index (χ1v) is 10.2. The van der Waals surface area contributed by atoms with Gasteiger partial charge in [-0.2, -0.15) is 0 Å². The quantitative estimate of drug-likeness (QED) is 0.684. The van der Waals surface area contributed by atoms with E-state index in [1.807, 2.05) is 6.92 Å². The van der Waals surface area contributed by atoms with Crippen molar-refractivity contribution in [1.29, 1.82) is 0 Å². The normalized spacial score (nSPS) is 12.1. The number of nitrogens with one attached hydrogen (secondary N) is 2. The second-order valence-corrected chi connectivity index (χ2v) is 7.95. The summed E-state index contributed by atoms with van der Waals surface area (Å²) < 4.78 is 36.3. The van der Waals surface area contributed by atoms with Gasteiger partial charge in [0.05, 0.1) is 18.9 Å². The fourth-order valence-corrected chi connectivity index (χ4v) is 2.82. The molecule has 0 aromatic heterocycles. The van der Waals surface area contributed by atoms with Crippen LogP contribution < -0.4 is 19.5 Å². The van der Waals surface area contributed by atoms with Gasteiger partial charge in [0.1, 0.15) is 18.1 Å². The largest absolute Gasteiger partial charge is 0.497 e. The van der Waals surface area contributed by atoms with Gasteiger partial charge in [-0.25, -0.2) is 8.42 Å². The molecule has 2 aromatic rings. The molecule has 1 atom stereocenters. The molecule has 7 nitrogen and oxygen atoms in total. The van der Waals surface area contributed by atoms with Crippen molar-refractivity contribution in [2.24, 2.45) is 0 Å². The number of amides is 1. The minimum atomic E-state index is -3.34. The Morgan fingerprint density at radius 1 is 1.04 bits per heavy atom. The van der Waals surface area contributed by atoms with Crippen molar-refractivity contribution in [1.82, 2.24) is 5.32 Å². The summed E-state index contributed by atoms with van der Waals surface area (Å²) in [7, 11) is -1.74. The fourth-order valence-electron chi connectivity index (χ4n) is 2.18. The number of carbonyl (C=O) groups is 1. The van der Waals surface area contributed by atoms with E-state index in [1.165, 1.54) is 0 Å². The van der Waals surface area contributed by atoms with Gasteiger partial charge >= 0.3 is 0 Å². The Bertz CT molecular complexity index is 849. The van der Waals surface area contributed by atoms with Gasteiger partial charge in [-0.3, -0.25) is 9.52 Å². The van der Waals surface area contributed by atoms with Crippen molar-refractivity contribution >= 4 is 21.6 Å². The van der Waals surface area contributed by atoms with Crippen LogP contribution in [0.2, 0.25) is 0 Å². The molecule has 1 amide bonds. The minimum absolute atomic E-state index is 0.0129. The summed E-state index contributed by atoms with van der Waals surface area (Å²) in [5.41, 5.74) is 0.857. The summed E-state index contributed by atoms with van der Waals surface area (Å²) in [4.78, 5) is 12.3. The van der Waals surface area contributed by atoms with Gasteiger partial charge in [-0.05, 0) is 62.4 Å². The van der Waals surface area contributed by atoms with E-state index in [1.54, 1.807) is 62.6 Å². The Balaban J connectivity index is 1.86. The summed E-state index contributed by atoms with van der Waals surface area (Å²) in [5.74, 6) is 1.16. The summed E-state index contributed by atoms with van der Waals surface area (Å²) in [6.45, 7) is 3.71. The molecule has 0 aliphatic heterocycles. The van der Waals surface area contributed by atoms with Gasteiger partial charge in [0.25, 0.3) is 5.91 Å². The molecule has 2 rings (SSSR count). The highest BCUT2D eigenvalue weighted by Crippen LogP contribution is 2.17. The lowest BCUT2D eigenvalue weighted by atomic mass is 10.2. The highest BCUT2D eigenvalue weighted by atomic mass is 32.2. The van der Waals surface area contributed by atoms with Crippen molar-refractivity contribution < 1.29 is 22.7 Å². The molecule has 0 aliphatic carbocycles. The van der Waals surface area contributed by atoms with E-state index in [2.05, 4.69) is 10.0 Å². The number of hydrogen-bond acceptors (Lipinski definition) is 5. The molecule has 0 fully saturated rings. The Hall–Kier alpha value is -2.74. The van der Waals surface area contributed by atoms with E-state index in [-0.39, 0.29) is 17.7 Å². The zero-order valence-corrected chi connectivity index (χ0v) is 16.4. The van der Waals surface area contributed by atoms with Gasteiger partial charge in [-0.15, -0.1) is 0 Å². The van der Waals surface area contributed by atoms with Crippen LogP contribution in [0.1, 0.15) is 24.2 Å². The van der Waals surface area contributed by atoms with Gasteiger partial charge in [0.2, 0.25) is 10.0 Å². The molecule has 1 unspecified atom stereocenters. The van der Waals surface area contributed by atoms with Crippen LogP contribution in [-0.2, 0) is 10.0 Å². The standard InChI is InChI=1S/C19H24N2O5S/c1-4-27(23,24)21-16-7-5-15(6-8-16)19(22)20-14(2)13-26-18-11-9-17(25-3)10-12-18/h5-12,14,21H,4,13H2,1-3H3,(H,20,22). The van der Waals surface area contributed by atoms with Crippen molar-refractivity contribution in [3.05, 3.63) is 54.1 Å². The maximum Gasteiger partial charge on any atom is 0.251 e. The zero-order valence-electron chi connectivity index (χ0n) is 15.6. The van der Waals surface area contributed by atoms with Crippen LogP contribution in [0.5, 0.6) is 11.5 Å². The van der Waals surface area contributed by atoms with E-state index in [9.17, 15) is 13.2 Å². The maximum absolute atomic E-state index is 12.3. The lowest BCUT2D eigenvalue weighted by molar-refractivity contribution is 0.0926. The van der Waals surface area contributed by atoms with Gasteiger partial charge < -0.3 is 14.8 Å². The Labute approximate surface area is 159 Å². The molecule has 2 N–H and O–H groups in total. The van der Waals surface area contributed by atoms with E-state index in [4.69, 9.17) is 9.47 Å². The molecular weight excluding hydrogens is 368 g/mol.